The van der Waals surface area contributed by atoms with E-state index in [2.05, 4.69) is 5.32 Å². The standard InChI is InChI=1S/C16H19NO4/c18-8-11(9-4-2-1-3-5-9)16(19)20-10-6-12-14-15(21-14)13(7-10)17-12/h1-5,10-15,17-18H,6-8H2/t10?,11-,12?,13?,14?,15?/m1/s1. The number of morpholine rings is 1. The van der Waals surface area contributed by atoms with Gasteiger partial charge in [-0.15, -0.1) is 0 Å². The van der Waals surface area contributed by atoms with E-state index in [0.29, 0.717) is 24.3 Å². The molecule has 0 spiro atoms. The molecule has 5 heteroatoms. The molecule has 3 saturated heterocycles. The highest BCUT2D eigenvalue weighted by Crippen LogP contribution is 2.42. The quantitative estimate of drug-likeness (QED) is 0.626. The summed E-state index contributed by atoms with van der Waals surface area (Å²) in [4.78, 5) is 12.3. The summed E-state index contributed by atoms with van der Waals surface area (Å²) in [6.07, 6.45) is 2.18. The van der Waals surface area contributed by atoms with Crippen molar-refractivity contribution in [1.29, 1.82) is 0 Å². The van der Waals surface area contributed by atoms with E-state index >= 15 is 0 Å². The number of fused-ring (bicyclic) bond motifs is 5. The van der Waals surface area contributed by atoms with Crippen molar-refractivity contribution < 1.29 is 19.4 Å². The van der Waals surface area contributed by atoms with Crippen LogP contribution in [0, 0.1) is 0 Å². The summed E-state index contributed by atoms with van der Waals surface area (Å²) in [5.74, 6) is -0.922. The molecule has 21 heavy (non-hydrogen) atoms. The van der Waals surface area contributed by atoms with Gasteiger partial charge in [0.15, 0.2) is 0 Å². The van der Waals surface area contributed by atoms with Crippen LogP contribution in [-0.2, 0) is 14.3 Å². The number of carbonyl (C=O) groups is 1. The van der Waals surface area contributed by atoms with Crippen LogP contribution in [0.4, 0.5) is 0 Å². The van der Waals surface area contributed by atoms with E-state index in [9.17, 15) is 9.90 Å². The smallest absolute Gasteiger partial charge is 0.316 e. The van der Waals surface area contributed by atoms with Crippen molar-refractivity contribution in [2.75, 3.05) is 6.61 Å². The molecule has 3 heterocycles. The Kier molecular flexibility index (Phi) is 3.21. The number of piperidine rings is 1. The molecule has 3 fully saturated rings. The Bertz CT molecular complexity index is 518. The summed E-state index contributed by atoms with van der Waals surface area (Å²) in [5.41, 5.74) is 0.799. The lowest BCUT2D eigenvalue weighted by Crippen LogP contribution is -2.47. The fourth-order valence-electron chi connectivity index (χ4n) is 3.66. The molecule has 4 unspecified atom stereocenters. The fourth-order valence-corrected chi connectivity index (χ4v) is 3.66. The number of hydrogen-bond acceptors (Lipinski definition) is 5. The molecule has 0 saturated carbocycles. The maximum absolute atomic E-state index is 12.3. The second-order valence-corrected chi connectivity index (χ2v) is 6.12. The van der Waals surface area contributed by atoms with Gasteiger partial charge in [-0.05, 0) is 5.56 Å². The van der Waals surface area contributed by atoms with Gasteiger partial charge in [0.25, 0.3) is 0 Å². The van der Waals surface area contributed by atoms with Gasteiger partial charge in [0.05, 0.1) is 6.61 Å². The first-order valence-corrected chi connectivity index (χ1v) is 7.54. The lowest BCUT2D eigenvalue weighted by Gasteiger charge is -2.31. The molecule has 2 bridgehead atoms. The van der Waals surface area contributed by atoms with Crippen LogP contribution >= 0.6 is 0 Å². The lowest BCUT2D eigenvalue weighted by atomic mass is 9.98. The molecule has 5 nitrogen and oxygen atoms in total. The summed E-state index contributed by atoms with van der Waals surface area (Å²) < 4.78 is 11.2. The Morgan fingerprint density at radius 1 is 1.29 bits per heavy atom. The highest BCUT2D eigenvalue weighted by molar-refractivity contribution is 5.78. The van der Waals surface area contributed by atoms with Crippen LogP contribution in [0.3, 0.4) is 0 Å². The molecular formula is C16H19NO4. The number of carbonyl (C=O) groups excluding carboxylic acids is 1. The van der Waals surface area contributed by atoms with Gasteiger partial charge in [0.2, 0.25) is 0 Å². The number of rotatable bonds is 4. The molecule has 0 aliphatic carbocycles. The lowest BCUT2D eigenvalue weighted by molar-refractivity contribution is -0.154. The van der Waals surface area contributed by atoms with Crippen molar-refractivity contribution >= 4 is 5.97 Å². The maximum Gasteiger partial charge on any atom is 0.316 e. The van der Waals surface area contributed by atoms with Gasteiger partial charge in [-0.2, -0.15) is 0 Å². The molecule has 112 valence electrons. The van der Waals surface area contributed by atoms with E-state index in [1.807, 2.05) is 30.3 Å². The zero-order valence-corrected chi connectivity index (χ0v) is 11.6. The van der Waals surface area contributed by atoms with Crippen LogP contribution in [0.15, 0.2) is 30.3 Å². The number of nitrogens with one attached hydrogen (secondary N) is 1. The zero-order chi connectivity index (χ0) is 14.4. The molecule has 1 aromatic rings. The van der Waals surface area contributed by atoms with Gasteiger partial charge in [-0.1, -0.05) is 30.3 Å². The Hall–Kier alpha value is -1.43. The molecule has 4 rings (SSSR count). The van der Waals surface area contributed by atoms with E-state index < -0.39 is 5.92 Å². The van der Waals surface area contributed by atoms with Crippen LogP contribution in [0.1, 0.15) is 24.3 Å². The summed E-state index contributed by atoms with van der Waals surface area (Å²) in [5, 5.41) is 13.0. The molecule has 0 radical (unpaired) electrons. The number of ether oxygens (including phenoxy) is 2. The fraction of sp³-hybridized carbons (Fsp3) is 0.562. The van der Waals surface area contributed by atoms with Gasteiger partial charge in [-0.25, -0.2) is 0 Å². The van der Waals surface area contributed by atoms with E-state index in [1.54, 1.807) is 0 Å². The molecule has 0 amide bonds. The van der Waals surface area contributed by atoms with E-state index in [0.717, 1.165) is 18.4 Å². The minimum absolute atomic E-state index is 0.0667. The Morgan fingerprint density at radius 2 is 1.95 bits per heavy atom. The van der Waals surface area contributed by atoms with Crippen molar-refractivity contribution in [2.45, 2.75) is 49.2 Å². The van der Waals surface area contributed by atoms with Gasteiger partial charge in [0.1, 0.15) is 24.2 Å². The first-order valence-electron chi connectivity index (χ1n) is 7.54. The Morgan fingerprint density at radius 3 is 2.57 bits per heavy atom. The minimum atomic E-state index is -0.593. The van der Waals surface area contributed by atoms with Gasteiger partial charge >= 0.3 is 5.97 Å². The van der Waals surface area contributed by atoms with E-state index in [-0.39, 0.29) is 18.7 Å². The minimum Gasteiger partial charge on any atom is -0.462 e. The van der Waals surface area contributed by atoms with Crippen LogP contribution in [-0.4, -0.2) is 48.1 Å². The predicted molar refractivity (Wildman–Crippen MR) is 74.8 cm³/mol. The molecule has 0 aromatic heterocycles. The third kappa shape index (κ3) is 2.35. The second-order valence-electron chi connectivity index (χ2n) is 6.12. The average Bonchev–Trinajstić information content (AvgIpc) is 3.25. The SMILES string of the molecule is O=C(OC1CC2NC(C1)C1OC21)[C@H](CO)c1ccccc1. The largest absolute Gasteiger partial charge is 0.462 e. The van der Waals surface area contributed by atoms with Crippen molar-refractivity contribution in [2.24, 2.45) is 0 Å². The van der Waals surface area contributed by atoms with Gasteiger partial charge < -0.3 is 19.9 Å². The first kappa shape index (κ1) is 13.2. The number of aliphatic hydroxyl groups excluding tert-OH is 1. The Labute approximate surface area is 123 Å². The Balaban J connectivity index is 1.41. The normalized spacial score (nSPS) is 37.7. The first-order chi connectivity index (χ1) is 10.3. The van der Waals surface area contributed by atoms with Gasteiger partial charge in [0, 0.05) is 24.9 Å². The third-order valence-corrected chi connectivity index (χ3v) is 4.77. The zero-order valence-electron chi connectivity index (χ0n) is 11.6. The number of benzene rings is 1. The van der Waals surface area contributed by atoms with E-state index in [1.165, 1.54) is 0 Å². The van der Waals surface area contributed by atoms with Crippen LogP contribution < -0.4 is 5.32 Å². The highest BCUT2D eigenvalue weighted by Gasteiger charge is 2.59. The summed E-state index contributed by atoms with van der Waals surface area (Å²) in [7, 11) is 0. The summed E-state index contributed by atoms with van der Waals surface area (Å²) in [6, 6.07) is 9.93. The van der Waals surface area contributed by atoms with Crippen molar-refractivity contribution in [1.82, 2.24) is 5.32 Å². The van der Waals surface area contributed by atoms with Crippen molar-refractivity contribution in [3.05, 3.63) is 35.9 Å². The monoisotopic (exact) mass is 289 g/mol. The molecule has 1 aromatic carbocycles. The highest BCUT2D eigenvalue weighted by atomic mass is 16.6. The number of epoxide rings is 1. The summed E-state index contributed by atoms with van der Waals surface area (Å²) in [6.45, 7) is -0.227. The molecule has 3 aliphatic rings. The topological polar surface area (TPSA) is 71.1 Å². The molecule has 2 N–H and O–H groups in total. The predicted octanol–water partition coefficient (Wildman–Crippen LogP) is 0.576. The molecule has 5 atom stereocenters. The van der Waals surface area contributed by atoms with Crippen molar-refractivity contribution in [3.8, 4) is 0 Å². The third-order valence-electron chi connectivity index (χ3n) is 4.77. The average molecular weight is 289 g/mol. The molecule has 3 aliphatic heterocycles. The van der Waals surface area contributed by atoms with E-state index in [4.69, 9.17) is 9.47 Å². The number of esters is 1. The molecular weight excluding hydrogens is 270 g/mol. The van der Waals surface area contributed by atoms with Crippen LogP contribution in [0.2, 0.25) is 0 Å². The van der Waals surface area contributed by atoms with Crippen LogP contribution in [0.25, 0.3) is 0 Å². The van der Waals surface area contributed by atoms with Gasteiger partial charge in [-0.3, -0.25) is 4.79 Å². The summed E-state index contributed by atoms with van der Waals surface area (Å²) >= 11 is 0. The van der Waals surface area contributed by atoms with Crippen LogP contribution in [0.5, 0.6) is 0 Å². The van der Waals surface area contributed by atoms with Crippen molar-refractivity contribution in [3.63, 3.8) is 0 Å². The number of aliphatic hydroxyl groups is 1. The second kappa shape index (κ2) is 5.09. The number of hydrogen-bond donors (Lipinski definition) is 2. The maximum atomic E-state index is 12.3.